The van der Waals surface area contributed by atoms with Gasteiger partial charge < -0.3 is 19.3 Å². The van der Waals surface area contributed by atoms with Crippen molar-refractivity contribution in [3.05, 3.63) is 35.9 Å². The Hall–Kier alpha value is -1.60. The van der Waals surface area contributed by atoms with E-state index >= 15 is 0 Å². The van der Waals surface area contributed by atoms with Crippen LogP contribution in [0.3, 0.4) is 0 Å². The Morgan fingerprint density at radius 3 is 2.61 bits per heavy atom. The molecule has 1 aromatic rings. The van der Waals surface area contributed by atoms with E-state index in [1.165, 1.54) is 5.56 Å². The number of hydrogen-bond donors (Lipinski definition) is 1. The lowest BCUT2D eigenvalue weighted by atomic mass is 10.1. The molecule has 1 unspecified atom stereocenters. The molecule has 2 aliphatic rings. The van der Waals surface area contributed by atoms with Gasteiger partial charge >= 0.3 is 0 Å². The summed E-state index contributed by atoms with van der Waals surface area (Å²) >= 11 is 0. The van der Waals surface area contributed by atoms with Crippen LogP contribution in [0.2, 0.25) is 0 Å². The van der Waals surface area contributed by atoms with Gasteiger partial charge in [-0.3, -0.25) is 9.80 Å². The maximum Gasteiger partial charge on any atom is 0.161 e. The summed E-state index contributed by atoms with van der Waals surface area (Å²) in [4.78, 5) is 4.64. The highest BCUT2D eigenvalue weighted by atomic mass is 16.5. The average Bonchev–Trinajstić information content (AvgIpc) is 2.67. The fourth-order valence-corrected chi connectivity index (χ4v) is 3.99. The fraction of sp³-hybridized carbons (Fsp3) is 0.636. The highest BCUT2D eigenvalue weighted by molar-refractivity contribution is 5.43. The van der Waals surface area contributed by atoms with E-state index in [1.807, 2.05) is 12.1 Å². The summed E-state index contributed by atoms with van der Waals surface area (Å²) in [6, 6.07) is 6.05. The van der Waals surface area contributed by atoms with Crippen LogP contribution in [0.25, 0.3) is 0 Å². The van der Waals surface area contributed by atoms with Gasteiger partial charge in [-0.25, -0.2) is 0 Å². The normalized spacial score (nSPS) is 24.9. The second-order valence-corrected chi connectivity index (χ2v) is 7.92. The van der Waals surface area contributed by atoms with Gasteiger partial charge in [0.25, 0.3) is 0 Å². The highest BCUT2D eigenvalue weighted by Gasteiger charge is 2.22. The Balaban J connectivity index is 1.53. The van der Waals surface area contributed by atoms with Gasteiger partial charge in [0, 0.05) is 39.3 Å². The van der Waals surface area contributed by atoms with E-state index in [-0.39, 0.29) is 18.8 Å². The molecule has 2 aliphatic heterocycles. The Morgan fingerprint density at radius 1 is 1.14 bits per heavy atom. The number of methoxy groups -OCH3 is 1. The molecular formula is C22H34N2O4. The quantitative estimate of drug-likeness (QED) is 0.688. The first-order valence-electron chi connectivity index (χ1n) is 10.3. The maximum absolute atomic E-state index is 10.3. The number of aliphatic hydroxyl groups excluding tert-OH is 1. The Kier molecular flexibility index (Phi) is 7.73. The third-order valence-electron chi connectivity index (χ3n) is 5.17. The summed E-state index contributed by atoms with van der Waals surface area (Å²) in [6.07, 6.45) is 5.37. The smallest absolute Gasteiger partial charge is 0.161 e. The number of morpholine rings is 1. The van der Waals surface area contributed by atoms with Crippen molar-refractivity contribution in [1.82, 2.24) is 9.80 Å². The lowest BCUT2D eigenvalue weighted by molar-refractivity contribution is -0.0705. The van der Waals surface area contributed by atoms with Crippen LogP contribution in [-0.4, -0.2) is 79.7 Å². The molecule has 1 N–H and O–H groups in total. The van der Waals surface area contributed by atoms with Crippen molar-refractivity contribution in [2.24, 2.45) is 0 Å². The minimum atomic E-state index is -0.521. The minimum Gasteiger partial charge on any atom is -0.493 e. The molecular weight excluding hydrogens is 356 g/mol. The van der Waals surface area contributed by atoms with Crippen LogP contribution in [0, 0.1) is 0 Å². The van der Waals surface area contributed by atoms with Crippen molar-refractivity contribution in [3.8, 4) is 11.5 Å². The van der Waals surface area contributed by atoms with Crippen LogP contribution in [0.4, 0.5) is 0 Å². The zero-order valence-electron chi connectivity index (χ0n) is 17.3. The number of ether oxygens (including phenoxy) is 3. The van der Waals surface area contributed by atoms with E-state index < -0.39 is 6.10 Å². The van der Waals surface area contributed by atoms with Gasteiger partial charge in [-0.15, -0.1) is 0 Å². The van der Waals surface area contributed by atoms with E-state index in [2.05, 4.69) is 41.9 Å². The van der Waals surface area contributed by atoms with E-state index in [0.717, 1.165) is 39.1 Å². The first kappa shape index (κ1) is 21.1. The number of β-amino-alcohol motifs (C(OH)–C–C–N with tert-alkyl or cyclic N) is 1. The lowest BCUT2D eigenvalue weighted by Crippen LogP contribution is -2.44. The maximum atomic E-state index is 10.3. The second-order valence-electron chi connectivity index (χ2n) is 7.92. The summed E-state index contributed by atoms with van der Waals surface area (Å²) < 4.78 is 17.2. The fourth-order valence-electron chi connectivity index (χ4n) is 3.99. The zero-order chi connectivity index (χ0) is 19.9. The molecule has 1 aromatic carbocycles. The van der Waals surface area contributed by atoms with Crippen LogP contribution in [-0.2, 0) is 11.3 Å². The molecule has 3 rings (SSSR count). The van der Waals surface area contributed by atoms with Gasteiger partial charge in [-0.2, -0.15) is 0 Å². The monoisotopic (exact) mass is 390 g/mol. The molecule has 28 heavy (non-hydrogen) atoms. The molecule has 2 heterocycles. The third-order valence-corrected chi connectivity index (χ3v) is 5.17. The average molecular weight is 391 g/mol. The Labute approximate surface area is 168 Å². The molecule has 1 saturated heterocycles. The van der Waals surface area contributed by atoms with Gasteiger partial charge in [0.05, 0.1) is 19.3 Å². The largest absolute Gasteiger partial charge is 0.493 e. The van der Waals surface area contributed by atoms with Gasteiger partial charge in [0.2, 0.25) is 0 Å². The molecule has 0 amide bonds. The van der Waals surface area contributed by atoms with Crippen molar-refractivity contribution in [1.29, 1.82) is 0 Å². The summed E-state index contributed by atoms with van der Waals surface area (Å²) in [5.41, 5.74) is 1.19. The van der Waals surface area contributed by atoms with Crippen LogP contribution in [0.5, 0.6) is 11.5 Å². The van der Waals surface area contributed by atoms with Gasteiger partial charge in [0.15, 0.2) is 11.5 Å². The van der Waals surface area contributed by atoms with Crippen molar-refractivity contribution < 1.29 is 19.3 Å². The Morgan fingerprint density at radius 2 is 1.93 bits per heavy atom. The van der Waals surface area contributed by atoms with Crippen molar-refractivity contribution in [2.45, 2.75) is 45.1 Å². The molecule has 0 spiro atoms. The number of benzene rings is 1. The summed E-state index contributed by atoms with van der Waals surface area (Å²) in [7, 11) is 1.65. The molecule has 6 heteroatoms. The molecule has 0 aromatic heterocycles. The molecule has 0 bridgehead atoms. The van der Waals surface area contributed by atoms with Crippen LogP contribution >= 0.6 is 0 Å². The van der Waals surface area contributed by atoms with E-state index in [1.54, 1.807) is 7.11 Å². The van der Waals surface area contributed by atoms with E-state index in [9.17, 15) is 5.11 Å². The predicted octanol–water partition coefficient (Wildman–Crippen LogP) is 2.31. The third kappa shape index (κ3) is 6.21. The zero-order valence-corrected chi connectivity index (χ0v) is 17.3. The molecule has 0 aliphatic carbocycles. The highest BCUT2D eigenvalue weighted by Crippen LogP contribution is 2.29. The standard InChI is InChI=1S/C22H34N2O4/c1-17-12-24(13-18(2)28-17)14-19-7-8-21(22(11-19)26-3)27-16-20(25)15-23-9-5-4-6-10-23/h4-5,7-8,11,17-18,20,25H,6,9-10,12-16H2,1-3H3/t17-,18+,20?. The molecule has 6 nitrogen and oxygen atoms in total. The summed E-state index contributed by atoms with van der Waals surface area (Å²) in [5, 5.41) is 10.3. The van der Waals surface area contributed by atoms with Crippen molar-refractivity contribution >= 4 is 0 Å². The predicted molar refractivity (Wildman–Crippen MR) is 110 cm³/mol. The SMILES string of the molecule is COc1cc(CN2C[C@@H](C)O[C@@H](C)C2)ccc1OCC(O)CN1CC=CCC1. The number of hydrogen-bond acceptors (Lipinski definition) is 6. The van der Waals surface area contributed by atoms with Crippen molar-refractivity contribution in [3.63, 3.8) is 0 Å². The first-order chi connectivity index (χ1) is 13.5. The topological polar surface area (TPSA) is 54.4 Å². The summed E-state index contributed by atoms with van der Waals surface area (Å²) in [6.45, 7) is 9.73. The molecule has 1 fully saturated rings. The van der Waals surface area contributed by atoms with E-state index in [4.69, 9.17) is 14.2 Å². The molecule has 0 radical (unpaired) electrons. The van der Waals surface area contributed by atoms with E-state index in [0.29, 0.717) is 18.0 Å². The van der Waals surface area contributed by atoms with Crippen molar-refractivity contribution in [2.75, 3.05) is 46.4 Å². The van der Waals surface area contributed by atoms with Gasteiger partial charge in [-0.05, 0) is 38.0 Å². The van der Waals surface area contributed by atoms with Crippen LogP contribution < -0.4 is 9.47 Å². The minimum absolute atomic E-state index is 0.255. The summed E-state index contributed by atoms with van der Waals surface area (Å²) in [5.74, 6) is 1.38. The van der Waals surface area contributed by atoms with Crippen LogP contribution in [0.1, 0.15) is 25.8 Å². The molecule has 156 valence electrons. The molecule has 3 atom stereocenters. The number of nitrogens with zero attached hydrogens (tertiary/aromatic N) is 2. The van der Waals surface area contributed by atoms with Crippen LogP contribution in [0.15, 0.2) is 30.4 Å². The van der Waals surface area contributed by atoms with Gasteiger partial charge in [0.1, 0.15) is 12.7 Å². The second kappa shape index (κ2) is 10.3. The molecule has 0 saturated carbocycles. The number of aliphatic hydroxyl groups is 1. The Bertz CT molecular complexity index is 641. The first-order valence-corrected chi connectivity index (χ1v) is 10.3. The lowest BCUT2D eigenvalue weighted by Gasteiger charge is -2.35. The number of rotatable bonds is 8. The van der Waals surface area contributed by atoms with Gasteiger partial charge in [-0.1, -0.05) is 18.2 Å².